The number of nitrogens with one attached hydrogen (secondary N) is 1. The van der Waals surface area contributed by atoms with Crippen molar-refractivity contribution >= 4 is 45.7 Å². The predicted molar refractivity (Wildman–Crippen MR) is 137 cm³/mol. The van der Waals surface area contributed by atoms with Crippen LogP contribution < -0.4 is 10.2 Å². The number of nitrogens with zero attached hydrogens (tertiary/aromatic N) is 4. The van der Waals surface area contributed by atoms with E-state index >= 15 is 0 Å². The minimum Gasteiger partial charge on any atom is -0.393 e. The van der Waals surface area contributed by atoms with Crippen LogP contribution in [0.4, 0.5) is 24.1 Å². The maximum atomic E-state index is 14.0. The van der Waals surface area contributed by atoms with E-state index in [1.54, 1.807) is 25.1 Å². The molecule has 3 heterocycles. The monoisotopic (exact) mass is 527 g/mol. The number of halogens is 3. The van der Waals surface area contributed by atoms with Crippen molar-refractivity contribution in [3.05, 3.63) is 47.4 Å². The maximum absolute atomic E-state index is 14.0. The Kier molecular flexibility index (Phi) is 13.4. The highest BCUT2D eigenvalue weighted by molar-refractivity contribution is 7.22. The van der Waals surface area contributed by atoms with Crippen LogP contribution in [0.2, 0.25) is 0 Å². The number of hydrogen-bond acceptors (Lipinski definition) is 8. The van der Waals surface area contributed by atoms with E-state index in [1.807, 2.05) is 25.5 Å². The van der Waals surface area contributed by atoms with E-state index in [0.29, 0.717) is 59.3 Å². The van der Waals surface area contributed by atoms with Gasteiger partial charge in [-0.25, -0.2) is 23.1 Å². The number of aliphatic hydroxyl groups excluding tert-OH is 1. The summed E-state index contributed by atoms with van der Waals surface area (Å²) in [6.07, 6.45) is 2.29. The van der Waals surface area contributed by atoms with Gasteiger partial charge in [0.05, 0.1) is 16.3 Å². The van der Waals surface area contributed by atoms with Gasteiger partial charge in [0.2, 0.25) is 6.41 Å². The molecule has 3 aromatic rings. The lowest BCUT2D eigenvalue weighted by Crippen LogP contribution is -2.46. The molecule has 0 unspecified atom stereocenters. The zero-order chi connectivity index (χ0) is 27.3. The summed E-state index contributed by atoms with van der Waals surface area (Å²) in [6, 6.07) is 3.67. The number of aromatic nitrogens is 2. The van der Waals surface area contributed by atoms with Gasteiger partial charge in [-0.3, -0.25) is 4.79 Å². The van der Waals surface area contributed by atoms with E-state index in [9.17, 15) is 23.1 Å². The SMILES string of the molecule is C=O.CC.CNc1nc2cc(F)c(F)cc2s1.C[C@H](O)Cc1cnc(N2CCN(C=O)CC2)c(F)c1. The minimum atomic E-state index is -0.861. The number of anilines is 2. The molecule has 1 amide bonds. The molecule has 0 saturated carbocycles. The van der Waals surface area contributed by atoms with Crippen molar-refractivity contribution in [2.45, 2.75) is 33.3 Å². The first-order valence-electron chi connectivity index (χ1n) is 11.3. The van der Waals surface area contributed by atoms with E-state index < -0.39 is 17.7 Å². The molecule has 4 rings (SSSR count). The molecule has 1 aliphatic rings. The Bertz CT molecular complexity index is 1050. The summed E-state index contributed by atoms with van der Waals surface area (Å²) >= 11 is 1.29. The molecular formula is C24H32F3N5O3S. The lowest BCUT2D eigenvalue weighted by Gasteiger charge is -2.33. The molecule has 1 atom stereocenters. The third kappa shape index (κ3) is 8.76. The molecule has 36 heavy (non-hydrogen) atoms. The molecule has 8 nitrogen and oxygen atoms in total. The number of aliphatic hydroxyl groups is 1. The summed E-state index contributed by atoms with van der Waals surface area (Å²) in [5.41, 5.74) is 1.16. The van der Waals surface area contributed by atoms with Gasteiger partial charge in [-0.2, -0.15) is 0 Å². The zero-order valence-corrected chi connectivity index (χ0v) is 21.6. The van der Waals surface area contributed by atoms with Gasteiger partial charge < -0.3 is 25.0 Å². The number of carbonyl (C=O) groups is 2. The van der Waals surface area contributed by atoms with Crippen LogP contribution in [0.3, 0.4) is 0 Å². The number of benzene rings is 1. The number of rotatable bonds is 5. The second kappa shape index (κ2) is 15.7. The van der Waals surface area contributed by atoms with Crippen LogP contribution in [0, 0.1) is 17.5 Å². The van der Waals surface area contributed by atoms with Gasteiger partial charge in [0.25, 0.3) is 0 Å². The molecule has 1 saturated heterocycles. The summed E-state index contributed by atoms with van der Waals surface area (Å²) in [5.74, 6) is -1.75. The average Bonchev–Trinajstić information content (AvgIpc) is 3.29. The summed E-state index contributed by atoms with van der Waals surface area (Å²) in [4.78, 5) is 30.3. The fraction of sp³-hybridized carbons (Fsp3) is 0.417. The van der Waals surface area contributed by atoms with Gasteiger partial charge in [0.1, 0.15) is 6.79 Å². The second-order valence-electron chi connectivity index (χ2n) is 7.33. The normalized spacial score (nSPS) is 13.3. The third-order valence-corrected chi connectivity index (χ3v) is 5.85. The van der Waals surface area contributed by atoms with Crippen molar-refractivity contribution in [1.29, 1.82) is 0 Å². The molecule has 2 N–H and O–H groups in total. The van der Waals surface area contributed by atoms with Crippen molar-refractivity contribution in [3.8, 4) is 0 Å². The topological polar surface area (TPSA) is 98.7 Å². The van der Waals surface area contributed by atoms with Crippen LogP contribution in [0.1, 0.15) is 26.3 Å². The fourth-order valence-corrected chi connectivity index (χ4v) is 4.05. The van der Waals surface area contributed by atoms with Crippen molar-refractivity contribution in [2.75, 3.05) is 43.4 Å². The average molecular weight is 528 g/mol. The van der Waals surface area contributed by atoms with Gasteiger partial charge in [0, 0.05) is 45.5 Å². The predicted octanol–water partition coefficient (Wildman–Crippen LogP) is 3.88. The molecule has 1 fully saturated rings. The van der Waals surface area contributed by atoms with Gasteiger partial charge >= 0.3 is 0 Å². The van der Waals surface area contributed by atoms with Crippen LogP contribution in [0.25, 0.3) is 10.2 Å². The Morgan fingerprint density at radius 2 is 1.72 bits per heavy atom. The van der Waals surface area contributed by atoms with Crippen LogP contribution in [-0.2, 0) is 16.0 Å². The molecule has 1 aromatic carbocycles. The Morgan fingerprint density at radius 3 is 2.25 bits per heavy atom. The largest absolute Gasteiger partial charge is 0.393 e. The standard InChI is InChI=1S/C13H18FN3O2.C8H6F2N2S.C2H6.CH2O/c1-10(19)6-11-7-12(14)13(15-8-11)17-4-2-16(9-18)3-5-17;1-11-8-12-6-2-4(9)5(10)3-7(6)13-8;2*1-2/h7-10,19H,2-6H2,1H3;2-3H,1H3,(H,11,12);1-2H3;1H2/t10-;;;/m0.../s1. The smallest absolute Gasteiger partial charge is 0.209 e. The molecule has 0 aliphatic carbocycles. The first-order valence-corrected chi connectivity index (χ1v) is 12.1. The summed E-state index contributed by atoms with van der Waals surface area (Å²) < 4.78 is 40.1. The van der Waals surface area contributed by atoms with Crippen molar-refractivity contribution in [2.24, 2.45) is 0 Å². The third-order valence-electron chi connectivity index (χ3n) is 4.82. The number of piperazine rings is 1. The van der Waals surface area contributed by atoms with Crippen molar-refractivity contribution < 1.29 is 27.9 Å². The highest BCUT2D eigenvalue weighted by Gasteiger charge is 2.20. The molecule has 0 bridgehead atoms. The number of carbonyl (C=O) groups excluding carboxylic acids is 2. The summed E-state index contributed by atoms with van der Waals surface area (Å²) in [5, 5.41) is 12.7. The Hall–Kier alpha value is -3.25. The number of thiazole rings is 1. The number of pyridine rings is 1. The summed E-state index contributed by atoms with van der Waals surface area (Å²) in [7, 11) is 1.71. The Balaban J connectivity index is 0.000000332. The van der Waals surface area contributed by atoms with E-state index in [1.165, 1.54) is 17.4 Å². The van der Waals surface area contributed by atoms with Crippen LogP contribution in [0.15, 0.2) is 24.4 Å². The molecule has 1 aliphatic heterocycles. The first kappa shape index (κ1) is 30.8. The quantitative estimate of drug-likeness (QED) is 0.486. The van der Waals surface area contributed by atoms with E-state index in [4.69, 9.17) is 4.79 Å². The Labute approximate surface area is 212 Å². The number of fused-ring (bicyclic) bond motifs is 1. The van der Waals surface area contributed by atoms with Crippen LogP contribution in [-0.4, -0.2) is 72.5 Å². The number of amides is 1. The second-order valence-corrected chi connectivity index (χ2v) is 8.36. The van der Waals surface area contributed by atoms with Crippen molar-refractivity contribution in [3.63, 3.8) is 0 Å². The van der Waals surface area contributed by atoms with Crippen molar-refractivity contribution in [1.82, 2.24) is 14.9 Å². The lowest BCUT2D eigenvalue weighted by molar-refractivity contribution is -0.118. The van der Waals surface area contributed by atoms with Gasteiger partial charge in [0.15, 0.2) is 28.4 Å². The highest BCUT2D eigenvalue weighted by Crippen LogP contribution is 2.27. The van der Waals surface area contributed by atoms with E-state index in [2.05, 4.69) is 15.3 Å². The van der Waals surface area contributed by atoms with Crippen LogP contribution in [0.5, 0.6) is 0 Å². The molecule has 12 heteroatoms. The maximum Gasteiger partial charge on any atom is 0.209 e. The van der Waals surface area contributed by atoms with Crippen LogP contribution >= 0.6 is 11.3 Å². The lowest BCUT2D eigenvalue weighted by atomic mass is 10.1. The highest BCUT2D eigenvalue weighted by atomic mass is 32.1. The number of hydrogen-bond donors (Lipinski definition) is 2. The molecule has 198 valence electrons. The first-order chi connectivity index (χ1) is 17.3. The van der Waals surface area contributed by atoms with Gasteiger partial charge in [-0.05, 0) is 31.0 Å². The molecule has 0 radical (unpaired) electrons. The van der Waals surface area contributed by atoms with Gasteiger partial charge in [-0.1, -0.05) is 25.2 Å². The minimum absolute atomic E-state index is 0.319. The fourth-order valence-electron chi connectivity index (χ4n) is 3.23. The molecule has 0 spiro atoms. The van der Waals surface area contributed by atoms with E-state index in [0.717, 1.165) is 18.5 Å². The van der Waals surface area contributed by atoms with E-state index in [-0.39, 0.29) is 5.82 Å². The molecular weight excluding hydrogens is 495 g/mol. The zero-order valence-electron chi connectivity index (χ0n) is 20.8. The Morgan fingerprint density at radius 1 is 1.11 bits per heavy atom. The molecule has 2 aromatic heterocycles. The van der Waals surface area contributed by atoms with Gasteiger partial charge in [-0.15, -0.1) is 0 Å². The summed E-state index contributed by atoms with van der Waals surface area (Å²) in [6.45, 7) is 9.99.